The van der Waals surface area contributed by atoms with E-state index in [1.807, 2.05) is 0 Å². The van der Waals surface area contributed by atoms with Crippen LogP contribution in [0.1, 0.15) is 63.0 Å². The van der Waals surface area contributed by atoms with E-state index in [1.54, 1.807) is 11.1 Å². The van der Waals surface area contributed by atoms with Gasteiger partial charge >= 0.3 is 0 Å². The minimum atomic E-state index is 0.640. The van der Waals surface area contributed by atoms with Gasteiger partial charge in [-0.2, -0.15) is 0 Å². The van der Waals surface area contributed by atoms with Gasteiger partial charge in [0.1, 0.15) is 0 Å². The van der Waals surface area contributed by atoms with Crippen molar-refractivity contribution >= 4 is 0 Å². The summed E-state index contributed by atoms with van der Waals surface area (Å²) in [5.74, 6) is 1.04. The Labute approximate surface area is 105 Å². The van der Waals surface area contributed by atoms with Crippen LogP contribution in [0.3, 0.4) is 0 Å². The van der Waals surface area contributed by atoms with Crippen molar-refractivity contribution in [3.8, 4) is 0 Å². The third-order valence-corrected chi connectivity index (χ3v) is 4.72. The molecule has 1 aromatic carbocycles. The fourth-order valence-electron chi connectivity index (χ4n) is 3.32. The van der Waals surface area contributed by atoms with Gasteiger partial charge < -0.3 is 0 Å². The predicted molar refractivity (Wildman–Crippen MR) is 73.3 cm³/mol. The van der Waals surface area contributed by atoms with Crippen molar-refractivity contribution in [1.29, 1.82) is 0 Å². The van der Waals surface area contributed by atoms with Crippen LogP contribution in [0.4, 0.5) is 0 Å². The van der Waals surface area contributed by atoms with Gasteiger partial charge in [0.2, 0.25) is 0 Å². The van der Waals surface area contributed by atoms with Crippen molar-refractivity contribution in [3.63, 3.8) is 0 Å². The topological polar surface area (TPSA) is 0 Å². The number of benzene rings is 1. The zero-order chi connectivity index (χ0) is 11.7. The average Bonchev–Trinajstić information content (AvgIpc) is 3.20. The molecule has 2 aliphatic carbocycles. The maximum atomic E-state index is 2.51. The second-order valence-electron chi connectivity index (χ2n) is 6.09. The molecule has 0 N–H and O–H groups in total. The second-order valence-corrected chi connectivity index (χ2v) is 6.09. The molecular formula is C17H24. The first-order valence-corrected chi connectivity index (χ1v) is 7.44. The van der Waals surface area contributed by atoms with Crippen LogP contribution in [0.2, 0.25) is 0 Å². The van der Waals surface area contributed by atoms with E-state index in [-0.39, 0.29) is 0 Å². The van der Waals surface area contributed by atoms with E-state index in [9.17, 15) is 0 Å². The molecule has 0 heterocycles. The number of unbranched alkanes of at least 4 members (excludes halogenated alkanes) is 2. The Morgan fingerprint density at radius 1 is 1.18 bits per heavy atom. The largest absolute Gasteiger partial charge is 0.0654 e. The predicted octanol–water partition coefficient (Wildman–Crippen LogP) is 4.86. The number of hydrogen-bond donors (Lipinski definition) is 0. The zero-order valence-electron chi connectivity index (χ0n) is 11.0. The Kier molecular flexibility index (Phi) is 2.98. The first-order valence-electron chi connectivity index (χ1n) is 7.44. The summed E-state index contributed by atoms with van der Waals surface area (Å²) in [4.78, 5) is 0. The summed E-state index contributed by atoms with van der Waals surface area (Å²) >= 11 is 0. The van der Waals surface area contributed by atoms with Gasteiger partial charge in [0.25, 0.3) is 0 Å². The van der Waals surface area contributed by atoms with E-state index in [0.29, 0.717) is 5.41 Å². The minimum Gasteiger partial charge on any atom is -0.0654 e. The van der Waals surface area contributed by atoms with Crippen molar-refractivity contribution in [2.75, 3.05) is 0 Å². The third-order valence-electron chi connectivity index (χ3n) is 4.72. The van der Waals surface area contributed by atoms with E-state index < -0.39 is 0 Å². The van der Waals surface area contributed by atoms with Gasteiger partial charge in [-0.05, 0) is 61.0 Å². The smallest absolute Gasteiger partial charge is 0.00180 e. The van der Waals surface area contributed by atoms with E-state index >= 15 is 0 Å². The second kappa shape index (κ2) is 4.48. The first-order chi connectivity index (χ1) is 8.35. The van der Waals surface area contributed by atoms with Crippen LogP contribution in [-0.2, 0) is 11.8 Å². The summed E-state index contributed by atoms with van der Waals surface area (Å²) < 4.78 is 0. The molecule has 1 aromatic rings. The number of hydrogen-bond acceptors (Lipinski definition) is 0. The summed E-state index contributed by atoms with van der Waals surface area (Å²) in [6, 6.07) is 9.51. The monoisotopic (exact) mass is 228 g/mol. The molecule has 0 heteroatoms. The Hall–Kier alpha value is -0.780. The van der Waals surface area contributed by atoms with Crippen molar-refractivity contribution < 1.29 is 0 Å². The van der Waals surface area contributed by atoms with Gasteiger partial charge in [-0.1, -0.05) is 44.0 Å². The summed E-state index contributed by atoms with van der Waals surface area (Å²) in [5, 5.41) is 0. The molecule has 0 unspecified atom stereocenters. The lowest BCUT2D eigenvalue weighted by Crippen LogP contribution is -2.09. The summed E-state index contributed by atoms with van der Waals surface area (Å²) in [6.45, 7) is 2.28. The van der Waals surface area contributed by atoms with E-state index in [1.165, 1.54) is 51.4 Å². The molecule has 3 rings (SSSR count). The fraction of sp³-hybridized carbons (Fsp3) is 0.647. The highest BCUT2D eigenvalue weighted by Gasteiger charge is 2.54. The number of rotatable bonds is 6. The zero-order valence-corrected chi connectivity index (χ0v) is 11.0. The lowest BCUT2D eigenvalue weighted by molar-refractivity contribution is 0.595. The molecule has 17 heavy (non-hydrogen) atoms. The maximum Gasteiger partial charge on any atom is -0.00180 e. The minimum absolute atomic E-state index is 0.640. The SMILES string of the molecule is CCCCCc1cccc(C2(C3CC3)CC2)c1. The van der Waals surface area contributed by atoms with E-state index in [0.717, 1.165) is 5.92 Å². The first kappa shape index (κ1) is 11.3. The molecule has 0 saturated heterocycles. The van der Waals surface area contributed by atoms with Crippen LogP contribution >= 0.6 is 0 Å². The van der Waals surface area contributed by atoms with Crippen LogP contribution in [0.15, 0.2) is 24.3 Å². The fourth-order valence-corrected chi connectivity index (χ4v) is 3.32. The highest BCUT2D eigenvalue weighted by atomic mass is 14.6. The standard InChI is InChI=1S/C17H24/c1-2-3-4-6-14-7-5-8-16(13-14)17(11-12-17)15-9-10-15/h5,7-8,13,15H,2-4,6,9-12H2,1H3. The molecule has 0 nitrogen and oxygen atoms in total. The highest BCUT2D eigenvalue weighted by Crippen LogP contribution is 2.62. The third kappa shape index (κ3) is 2.27. The molecule has 0 spiro atoms. The molecular weight excluding hydrogens is 204 g/mol. The Morgan fingerprint density at radius 3 is 2.65 bits per heavy atom. The molecule has 0 atom stereocenters. The lowest BCUT2D eigenvalue weighted by atomic mass is 9.89. The van der Waals surface area contributed by atoms with E-state index in [4.69, 9.17) is 0 Å². The Morgan fingerprint density at radius 2 is 2.00 bits per heavy atom. The molecule has 2 aliphatic rings. The van der Waals surface area contributed by atoms with Gasteiger partial charge in [0.05, 0.1) is 0 Å². The van der Waals surface area contributed by atoms with Gasteiger partial charge in [-0.3, -0.25) is 0 Å². The normalized spacial score (nSPS) is 21.5. The molecule has 0 aliphatic heterocycles. The Bertz CT molecular complexity index is 383. The van der Waals surface area contributed by atoms with Gasteiger partial charge in [-0.15, -0.1) is 0 Å². The quantitative estimate of drug-likeness (QED) is 0.610. The van der Waals surface area contributed by atoms with Gasteiger partial charge in [0.15, 0.2) is 0 Å². The molecule has 2 fully saturated rings. The summed E-state index contributed by atoms with van der Waals surface area (Å²) in [5.41, 5.74) is 3.87. The average molecular weight is 228 g/mol. The summed E-state index contributed by atoms with van der Waals surface area (Å²) in [6.07, 6.45) is 11.2. The molecule has 92 valence electrons. The van der Waals surface area contributed by atoms with Crippen molar-refractivity contribution in [2.45, 2.75) is 63.7 Å². The van der Waals surface area contributed by atoms with Crippen molar-refractivity contribution in [1.82, 2.24) is 0 Å². The van der Waals surface area contributed by atoms with Crippen molar-refractivity contribution in [3.05, 3.63) is 35.4 Å². The molecule has 0 radical (unpaired) electrons. The van der Waals surface area contributed by atoms with Crippen LogP contribution in [0.5, 0.6) is 0 Å². The van der Waals surface area contributed by atoms with Crippen LogP contribution in [0.25, 0.3) is 0 Å². The molecule has 0 amide bonds. The van der Waals surface area contributed by atoms with Gasteiger partial charge in [-0.25, -0.2) is 0 Å². The van der Waals surface area contributed by atoms with Crippen LogP contribution in [-0.4, -0.2) is 0 Å². The van der Waals surface area contributed by atoms with Crippen LogP contribution < -0.4 is 0 Å². The molecule has 0 bridgehead atoms. The highest BCUT2D eigenvalue weighted by molar-refractivity contribution is 5.37. The Balaban J connectivity index is 1.70. The van der Waals surface area contributed by atoms with Gasteiger partial charge in [0, 0.05) is 0 Å². The van der Waals surface area contributed by atoms with Crippen LogP contribution in [0, 0.1) is 5.92 Å². The molecule has 0 aromatic heterocycles. The van der Waals surface area contributed by atoms with Crippen molar-refractivity contribution in [2.24, 2.45) is 5.92 Å². The molecule has 2 saturated carbocycles. The number of aryl methyl sites for hydroxylation is 1. The maximum absolute atomic E-state index is 2.51. The summed E-state index contributed by atoms with van der Waals surface area (Å²) in [7, 11) is 0. The lowest BCUT2D eigenvalue weighted by Gasteiger charge is -2.15. The van der Waals surface area contributed by atoms with E-state index in [2.05, 4.69) is 31.2 Å².